The molecule has 0 aliphatic heterocycles. The van der Waals surface area contributed by atoms with Gasteiger partial charge < -0.3 is 11.1 Å². The minimum Gasteiger partial charge on any atom is -0.351 e. The number of hydrogen-bond donors (Lipinski definition) is 3. The van der Waals surface area contributed by atoms with Crippen molar-refractivity contribution in [2.75, 3.05) is 5.32 Å². The molecule has 1 aromatic carbocycles. The third-order valence-electron chi connectivity index (χ3n) is 1.80. The first-order valence-corrected chi connectivity index (χ1v) is 5.38. The highest BCUT2D eigenvalue weighted by Gasteiger charge is 2.15. The molecule has 0 saturated carbocycles. The molecule has 4 amide bonds. The molecule has 4 N–H and O–H groups in total. The highest BCUT2D eigenvalue weighted by Crippen LogP contribution is 2.26. The second-order valence-electron chi connectivity index (χ2n) is 3.16. The van der Waals surface area contributed by atoms with Crippen LogP contribution in [0.2, 0.25) is 0 Å². The maximum Gasteiger partial charge on any atom is 0.319 e. The predicted octanol–water partition coefficient (Wildman–Crippen LogP) is 1.22. The highest BCUT2D eigenvalue weighted by molar-refractivity contribution is 9.10. The van der Waals surface area contributed by atoms with Crippen molar-refractivity contribution in [3.63, 3.8) is 0 Å². The molecular formula is C10H10BrN3O3. The molecule has 6 nitrogen and oxygen atoms in total. The fourth-order valence-corrected chi connectivity index (χ4v) is 1.66. The average molecular weight is 300 g/mol. The lowest BCUT2D eigenvalue weighted by Gasteiger charge is -2.10. The highest BCUT2D eigenvalue weighted by atomic mass is 79.9. The van der Waals surface area contributed by atoms with Gasteiger partial charge in [0.1, 0.15) is 0 Å². The topological polar surface area (TPSA) is 101 Å². The van der Waals surface area contributed by atoms with Crippen LogP contribution in [-0.2, 0) is 4.79 Å². The van der Waals surface area contributed by atoms with Gasteiger partial charge in [0.2, 0.25) is 5.91 Å². The van der Waals surface area contributed by atoms with Crippen LogP contribution in [-0.4, -0.2) is 17.8 Å². The molecular weight excluding hydrogens is 290 g/mol. The molecule has 17 heavy (non-hydrogen) atoms. The van der Waals surface area contributed by atoms with Gasteiger partial charge in [-0.2, -0.15) is 0 Å². The summed E-state index contributed by atoms with van der Waals surface area (Å²) >= 11 is 3.20. The van der Waals surface area contributed by atoms with E-state index in [1.165, 1.54) is 13.0 Å². The Balaban J connectivity index is 3.14. The van der Waals surface area contributed by atoms with Crippen molar-refractivity contribution in [1.82, 2.24) is 5.32 Å². The van der Waals surface area contributed by atoms with Crippen LogP contribution in [0.4, 0.5) is 10.5 Å². The molecule has 0 spiro atoms. The van der Waals surface area contributed by atoms with Crippen molar-refractivity contribution in [3.8, 4) is 0 Å². The number of carbonyl (C=O) groups is 3. The van der Waals surface area contributed by atoms with E-state index in [0.29, 0.717) is 10.2 Å². The van der Waals surface area contributed by atoms with Crippen molar-refractivity contribution in [3.05, 3.63) is 28.2 Å². The Labute approximate surface area is 106 Å². The maximum atomic E-state index is 11.6. The molecule has 0 fully saturated rings. The van der Waals surface area contributed by atoms with Crippen molar-refractivity contribution >= 4 is 39.5 Å². The molecule has 0 aliphatic rings. The van der Waals surface area contributed by atoms with Crippen LogP contribution in [0.1, 0.15) is 17.3 Å². The standard InChI is InChI=1S/C10H10BrN3O3/c1-5(15)13-8-6(3-2-4-7(8)11)9(16)14-10(12)17/h2-4H,1H3,(H,13,15)(H3,12,14,16,17). The number of imide groups is 1. The zero-order valence-corrected chi connectivity index (χ0v) is 10.5. The number of amides is 4. The van der Waals surface area contributed by atoms with Gasteiger partial charge in [0.05, 0.1) is 11.3 Å². The van der Waals surface area contributed by atoms with Crippen LogP contribution in [0.5, 0.6) is 0 Å². The quantitative estimate of drug-likeness (QED) is 0.765. The summed E-state index contributed by atoms with van der Waals surface area (Å²) in [5, 5.41) is 4.42. The zero-order valence-electron chi connectivity index (χ0n) is 8.91. The van der Waals surface area contributed by atoms with Crippen molar-refractivity contribution in [1.29, 1.82) is 0 Å². The van der Waals surface area contributed by atoms with E-state index >= 15 is 0 Å². The number of anilines is 1. The van der Waals surface area contributed by atoms with Gasteiger partial charge in [0.25, 0.3) is 5.91 Å². The summed E-state index contributed by atoms with van der Waals surface area (Å²) in [5.41, 5.74) is 5.29. The van der Waals surface area contributed by atoms with Crippen LogP contribution in [0.3, 0.4) is 0 Å². The van der Waals surface area contributed by atoms with E-state index in [9.17, 15) is 14.4 Å². The molecule has 0 saturated heterocycles. The van der Waals surface area contributed by atoms with Crippen LogP contribution >= 0.6 is 15.9 Å². The number of halogens is 1. The van der Waals surface area contributed by atoms with Gasteiger partial charge in [-0.25, -0.2) is 4.79 Å². The fourth-order valence-electron chi connectivity index (χ4n) is 1.20. The minimum atomic E-state index is -0.955. The Kier molecular flexibility index (Phi) is 4.22. The first-order valence-electron chi connectivity index (χ1n) is 4.58. The van der Waals surface area contributed by atoms with Crippen LogP contribution in [0, 0.1) is 0 Å². The molecule has 0 atom stereocenters. The molecule has 0 aliphatic carbocycles. The van der Waals surface area contributed by atoms with Gasteiger partial charge in [0, 0.05) is 11.4 Å². The second-order valence-corrected chi connectivity index (χ2v) is 4.02. The first-order chi connectivity index (χ1) is 7.91. The Morgan fingerprint density at radius 2 is 1.94 bits per heavy atom. The van der Waals surface area contributed by atoms with Gasteiger partial charge in [-0.15, -0.1) is 0 Å². The molecule has 7 heteroatoms. The van der Waals surface area contributed by atoms with Crippen molar-refractivity contribution in [2.24, 2.45) is 5.73 Å². The van der Waals surface area contributed by atoms with Crippen molar-refractivity contribution in [2.45, 2.75) is 6.92 Å². The number of nitrogens with one attached hydrogen (secondary N) is 2. The molecule has 0 heterocycles. The molecule has 0 unspecified atom stereocenters. The summed E-state index contributed by atoms with van der Waals surface area (Å²) < 4.78 is 0.532. The first kappa shape index (κ1) is 13.2. The second kappa shape index (κ2) is 5.44. The summed E-state index contributed by atoms with van der Waals surface area (Å²) in [5.74, 6) is -1.01. The van der Waals surface area contributed by atoms with E-state index in [1.54, 1.807) is 12.1 Å². The summed E-state index contributed by atoms with van der Waals surface area (Å²) in [7, 11) is 0. The summed E-state index contributed by atoms with van der Waals surface area (Å²) in [6.07, 6.45) is 0. The largest absolute Gasteiger partial charge is 0.351 e. The fraction of sp³-hybridized carbons (Fsp3) is 0.100. The van der Waals surface area contributed by atoms with E-state index in [4.69, 9.17) is 5.73 Å². The summed E-state index contributed by atoms with van der Waals surface area (Å²) in [6, 6.07) is 3.77. The molecule has 1 aromatic rings. The van der Waals surface area contributed by atoms with Crippen LogP contribution < -0.4 is 16.4 Å². The number of urea groups is 1. The third kappa shape index (κ3) is 3.56. The normalized spacial score (nSPS) is 9.53. The van der Waals surface area contributed by atoms with Crippen molar-refractivity contribution < 1.29 is 14.4 Å². The van der Waals surface area contributed by atoms with Crippen LogP contribution in [0.25, 0.3) is 0 Å². The van der Waals surface area contributed by atoms with E-state index in [0.717, 1.165) is 0 Å². The summed E-state index contributed by atoms with van der Waals surface area (Å²) in [4.78, 5) is 33.2. The molecule has 1 rings (SSSR count). The van der Waals surface area contributed by atoms with Gasteiger partial charge in [-0.3, -0.25) is 14.9 Å². The number of carbonyl (C=O) groups excluding carboxylic acids is 3. The third-order valence-corrected chi connectivity index (χ3v) is 2.46. The van der Waals surface area contributed by atoms with E-state index in [-0.39, 0.29) is 11.5 Å². The van der Waals surface area contributed by atoms with E-state index in [2.05, 4.69) is 21.2 Å². The van der Waals surface area contributed by atoms with Gasteiger partial charge >= 0.3 is 6.03 Å². The molecule has 0 aromatic heterocycles. The van der Waals surface area contributed by atoms with Gasteiger partial charge in [-0.1, -0.05) is 6.07 Å². The number of hydrogen-bond acceptors (Lipinski definition) is 3. The Morgan fingerprint density at radius 1 is 1.29 bits per heavy atom. The lowest BCUT2D eigenvalue weighted by Crippen LogP contribution is -2.35. The SMILES string of the molecule is CC(=O)Nc1c(Br)cccc1C(=O)NC(N)=O. The van der Waals surface area contributed by atoms with Crippen LogP contribution in [0.15, 0.2) is 22.7 Å². The number of primary amides is 1. The lowest BCUT2D eigenvalue weighted by molar-refractivity contribution is -0.114. The average Bonchev–Trinajstić information content (AvgIpc) is 2.19. The van der Waals surface area contributed by atoms with Gasteiger partial charge in [-0.05, 0) is 28.1 Å². The molecule has 0 bridgehead atoms. The van der Waals surface area contributed by atoms with E-state index in [1.807, 2.05) is 5.32 Å². The minimum absolute atomic E-state index is 0.147. The number of rotatable bonds is 2. The lowest BCUT2D eigenvalue weighted by atomic mass is 10.1. The molecule has 0 radical (unpaired) electrons. The summed E-state index contributed by atoms with van der Waals surface area (Å²) in [6.45, 7) is 1.31. The smallest absolute Gasteiger partial charge is 0.319 e. The van der Waals surface area contributed by atoms with Gasteiger partial charge in [0.15, 0.2) is 0 Å². The predicted molar refractivity (Wildman–Crippen MR) is 65.5 cm³/mol. The maximum absolute atomic E-state index is 11.6. The Hall–Kier alpha value is -1.89. The number of nitrogens with two attached hydrogens (primary N) is 1. The Bertz CT molecular complexity index is 488. The van der Waals surface area contributed by atoms with E-state index < -0.39 is 11.9 Å². The zero-order chi connectivity index (χ0) is 13.0. The number of para-hydroxylation sites is 1. The Morgan fingerprint density at radius 3 is 2.47 bits per heavy atom. The number of benzene rings is 1. The molecule has 90 valence electrons. The monoisotopic (exact) mass is 299 g/mol.